The van der Waals surface area contributed by atoms with Gasteiger partial charge in [0.1, 0.15) is 11.3 Å². The Morgan fingerprint density at radius 3 is 1.74 bits per heavy atom. The maximum Gasteiger partial charge on any atom is 0.422 e. The zero-order chi connectivity index (χ0) is 14.8. The van der Waals surface area contributed by atoms with E-state index in [1.54, 1.807) is 0 Å². The number of hydrogen-bond acceptors (Lipinski definition) is 2. The lowest BCUT2D eigenvalue weighted by Crippen LogP contribution is -2.18. The Labute approximate surface area is 103 Å². The second-order valence-corrected chi connectivity index (χ2v) is 3.57. The summed E-state index contributed by atoms with van der Waals surface area (Å²) in [5.41, 5.74) is 1.21. The molecule has 0 aliphatic heterocycles. The van der Waals surface area contributed by atoms with Gasteiger partial charge in [-0.3, -0.25) is 0 Å². The van der Waals surface area contributed by atoms with E-state index in [9.17, 15) is 30.7 Å². The van der Waals surface area contributed by atoms with Crippen molar-refractivity contribution in [2.45, 2.75) is 12.6 Å². The molecule has 0 amide bonds. The molecule has 0 unspecified atom stereocenters. The summed E-state index contributed by atoms with van der Waals surface area (Å²) in [6, 6.07) is 0. The Kier molecular flexibility index (Phi) is 4.61. The average Bonchev–Trinajstić information content (AvgIpc) is 2.29. The van der Waals surface area contributed by atoms with Crippen LogP contribution in [0.15, 0.2) is 0 Å². The van der Waals surface area contributed by atoms with Gasteiger partial charge in [0.25, 0.3) is 0 Å². The normalized spacial score (nSPS) is 11.8. The van der Waals surface area contributed by atoms with Crippen molar-refractivity contribution in [3.8, 4) is 0 Å². The molecule has 0 atom stereocenters. The highest BCUT2D eigenvalue weighted by Crippen LogP contribution is 2.38. The van der Waals surface area contributed by atoms with Crippen LogP contribution in [0.5, 0.6) is 0 Å². The molecule has 0 saturated carbocycles. The first-order valence-electron chi connectivity index (χ1n) is 5.08. The zero-order valence-corrected chi connectivity index (χ0v) is 9.34. The van der Waals surface area contributed by atoms with Crippen molar-refractivity contribution < 1.29 is 30.7 Å². The highest BCUT2D eigenvalue weighted by Gasteiger charge is 2.42. The SMILES string of the molecule is NCCCNc1c(F)c(F)c(C(F)(F)F)c(F)c1F. The molecule has 0 fully saturated rings. The maximum atomic E-state index is 13.3. The molecule has 0 aliphatic rings. The summed E-state index contributed by atoms with van der Waals surface area (Å²) in [5.74, 6) is -9.21. The van der Waals surface area contributed by atoms with Crippen LogP contribution < -0.4 is 11.1 Å². The summed E-state index contributed by atoms with van der Waals surface area (Å²) in [6.45, 7) is -0.0174. The van der Waals surface area contributed by atoms with Gasteiger partial charge in [-0.05, 0) is 13.0 Å². The van der Waals surface area contributed by atoms with Crippen LogP contribution in [0.25, 0.3) is 0 Å². The lowest BCUT2D eigenvalue weighted by atomic mass is 10.1. The van der Waals surface area contributed by atoms with E-state index in [2.05, 4.69) is 0 Å². The van der Waals surface area contributed by atoms with Gasteiger partial charge in [-0.25, -0.2) is 17.6 Å². The second-order valence-electron chi connectivity index (χ2n) is 3.57. The molecule has 108 valence electrons. The first kappa shape index (κ1) is 15.5. The van der Waals surface area contributed by atoms with E-state index in [4.69, 9.17) is 5.73 Å². The predicted octanol–water partition coefficient (Wildman–Crippen LogP) is 3.02. The third-order valence-corrected chi connectivity index (χ3v) is 2.23. The zero-order valence-electron chi connectivity index (χ0n) is 9.34. The van der Waals surface area contributed by atoms with Crippen LogP contribution in [0, 0.1) is 23.3 Å². The number of nitrogens with two attached hydrogens (primary N) is 1. The fraction of sp³-hybridized carbons (Fsp3) is 0.400. The molecule has 1 rings (SSSR count). The van der Waals surface area contributed by atoms with Crippen molar-refractivity contribution in [3.63, 3.8) is 0 Å². The number of rotatable bonds is 4. The molecule has 9 heteroatoms. The standard InChI is InChI=1S/C10H9F7N2/c11-5-4(10(15,16)17)6(12)8(14)9(7(5)13)19-3-1-2-18/h19H,1-3,18H2. The summed E-state index contributed by atoms with van der Waals surface area (Å²) >= 11 is 0. The van der Waals surface area contributed by atoms with E-state index in [1.807, 2.05) is 5.32 Å². The summed E-state index contributed by atoms with van der Waals surface area (Å²) in [5, 5.41) is 1.97. The van der Waals surface area contributed by atoms with E-state index >= 15 is 0 Å². The Hall–Kier alpha value is -1.51. The Morgan fingerprint density at radius 1 is 0.895 bits per heavy atom. The van der Waals surface area contributed by atoms with Gasteiger partial charge in [0, 0.05) is 6.54 Å². The van der Waals surface area contributed by atoms with Gasteiger partial charge < -0.3 is 11.1 Å². The quantitative estimate of drug-likeness (QED) is 0.508. The third-order valence-electron chi connectivity index (χ3n) is 2.23. The van der Waals surface area contributed by atoms with Crippen LogP contribution in [-0.2, 0) is 6.18 Å². The minimum atomic E-state index is -5.54. The molecular weight excluding hydrogens is 281 g/mol. The van der Waals surface area contributed by atoms with Gasteiger partial charge in [0.05, 0.1) is 0 Å². The molecule has 1 aromatic rings. The number of halogens is 7. The highest BCUT2D eigenvalue weighted by molar-refractivity contribution is 5.50. The second kappa shape index (κ2) is 5.64. The molecule has 3 N–H and O–H groups in total. The van der Waals surface area contributed by atoms with Gasteiger partial charge in [0.2, 0.25) is 0 Å². The Balaban J connectivity index is 3.31. The number of hydrogen-bond donors (Lipinski definition) is 2. The summed E-state index contributed by atoms with van der Waals surface area (Å²) in [4.78, 5) is 0. The molecular formula is C10H9F7N2. The first-order chi connectivity index (χ1) is 8.71. The molecule has 0 radical (unpaired) electrons. The van der Waals surface area contributed by atoms with Crippen molar-refractivity contribution in [1.82, 2.24) is 0 Å². The third kappa shape index (κ3) is 3.09. The van der Waals surface area contributed by atoms with Crippen LogP contribution in [-0.4, -0.2) is 13.1 Å². The predicted molar refractivity (Wildman–Crippen MR) is 53.4 cm³/mol. The minimum absolute atomic E-state index is 0.127. The summed E-state index contributed by atoms with van der Waals surface area (Å²) in [7, 11) is 0. The largest absolute Gasteiger partial charge is 0.422 e. The van der Waals surface area contributed by atoms with Crippen molar-refractivity contribution in [1.29, 1.82) is 0 Å². The van der Waals surface area contributed by atoms with Gasteiger partial charge >= 0.3 is 6.18 Å². The number of anilines is 1. The molecule has 0 heterocycles. The average molecular weight is 290 g/mol. The fourth-order valence-corrected chi connectivity index (χ4v) is 1.35. The highest BCUT2D eigenvalue weighted by atomic mass is 19.4. The maximum absolute atomic E-state index is 13.3. The van der Waals surface area contributed by atoms with Crippen LogP contribution >= 0.6 is 0 Å². The molecule has 0 bridgehead atoms. The van der Waals surface area contributed by atoms with Crippen molar-refractivity contribution in [3.05, 3.63) is 28.8 Å². The topological polar surface area (TPSA) is 38.0 Å². The van der Waals surface area contributed by atoms with E-state index < -0.39 is 40.7 Å². The van der Waals surface area contributed by atoms with E-state index in [-0.39, 0.29) is 19.5 Å². The van der Waals surface area contributed by atoms with Crippen molar-refractivity contribution >= 4 is 5.69 Å². The van der Waals surface area contributed by atoms with Gasteiger partial charge in [0.15, 0.2) is 23.3 Å². The fourth-order valence-electron chi connectivity index (χ4n) is 1.35. The number of benzene rings is 1. The van der Waals surface area contributed by atoms with Crippen LogP contribution in [0.2, 0.25) is 0 Å². The van der Waals surface area contributed by atoms with Gasteiger partial charge in [-0.1, -0.05) is 0 Å². The Bertz CT molecular complexity index is 441. The van der Waals surface area contributed by atoms with E-state index in [0.29, 0.717) is 0 Å². The molecule has 19 heavy (non-hydrogen) atoms. The van der Waals surface area contributed by atoms with Gasteiger partial charge in [-0.2, -0.15) is 13.2 Å². The van der Waals surface area contributed by atoms with E-state index in [0.717, 1.165) is 0 Å². The molecule has 0 spiro atoms. The number of nitrogens with one attached hydrogen (secondary N) is 1. The Morgan fingerprint density at radius 2 is 1.37 bits per heavy atom. The molecule has 0 aliphatic carbocycles. The molecule has 1 aromatic carbocycles. The summed E-state index contributed by atoms with van der Waals surface area (Å²) < 4.78 is 89.6. The summed E-state index contributed by atoms with van der Waals surface area (Å²) in [6.07, 6.45) is -5.32. The van der Waals surface area contributed by atoms with Crippen molar-refractivity contribution in [2.24, 2.45) is 5.73 Å². The lowest BCUT2D eigenvalue weighted by molar-refractivity contribution is -0.143. The van der Waals surface area contributed by atoms with Gasteiger partial charge in [-0.15, -0.1) is 0 Å². The lowest BCUT2D eigenvalue weighted by Gasteiger charge is -2.14. The first-order valence-corrected chi connectivity index (χ1v) is 5.08. The van der Waals surface area contributed by atoms with E-state index in [1.165, 1.54) is 0 Å². The number of alkyl halides is 3. The van der Waals surface area contributed by atoms with Crippen LogP contribution in [0.3, 0.4) is 0 Å². The van der Waals surface area contributed by atoms with Crippen LogP contribution in [0.1, 0.15) is 12.0 Å². The molecule has 0 aromatic heterocycles. The van der Waals surface area contributed by atoms with Crippen LogP contribution in [0.4, 0.5) is 36.4 Å². The molecule has 0 saturated heterocycles. The smallest absolute Gasteiger partial charge is 0.380 e. The minimum Gasteiger partial charge on any atom is -0.380 e. The molecule has 2 nitrogen and oxygen atoms in total. The monoisotopic (exact) mass is 290 g/mol. The van der Waals surface area contributed by atoms with Crippen molar-refractivity contribution in [2.75, 3.05) is 18.4 Å².